The zero-order valence-corrected chi connectivity index (χ0v) is 12.0. The molecule has 0 spiro atoms. The molecule has 2 aromatic rings. The monoisotopic (exact) mass is 288 g/mol. The molecule has 0 aliphatic carbocycles. The summed E-state index contributed by atoms with van der Waals surface area (Å²) in [6.45, 7) is 2.86. The fourth-order valence-electron chi connectivity index (χ4n) is 1.93. The van der Waals surface area contributed by atoms with Crippen molar-refractivity contribution in [1.29, 1.82) is 0 Å². The van der Waals surface area contributed by atoms with Gasteiger partial charge in [0, 0.05) is 25.5 Å². The van der Waals surface area contributed by atoms with E-state index in [1.165, 1.54) is 0 Å². The first-order valence-electron chi connectivity index (χ1n) is 6.86. The summed E-state index contributed by atoms with van der Waals surface area (Å²) in [6.07, 6.45) is 5.43. The number of aliphatic hydroxyl groups is 1. The van der Waals surface area contributed by atoms with Gasteiger partial charge in [0.1, 0.15) is 0 Å². The molecule has 0 fully saturated rings. The van der Waals surface area contributed by atoms with Crippen LogP contribution in [0.3, 0.4) is 0 Å². The van der Waals surface area contributed by atoms with Crippen LogP contribution < -0.4 is 10.6 Å². The van der Waals surface area contributed by atoms with Crippen LogP contribution >= 0.6 is 0 Å². The van der Waals surface area contributed by atoms with Gasteiger partial charge in [0.05, 0.1) is 19.0 Å². The Kier molecular flexibility index (Phi) is 5.34. The van der Waals surface area contributed by atoms with E-state index >= 15 is 0 Å². The predicted octanol–water partition coefficient (Wildman–Crippen LogP) is 1.11. The molecular weight excluding hydrogens is 268 g/mol. The van der Waals surface area contributed by atoms with Crippen LogP contribution in [0.25, 0.3) is 0 Å². The van der Waals surface area contributed by atoms with E-state index in [0.29, 0.717) is 6.54 Å². The van der Waals surface area contributed by atoms with Gasteiger partial charge in [0.15, 0.2) is 0 Å². The molecule has 6 nitrogen and oxygen atoms in total. The summed E-state index contributed by atoms with van der Waals surface area (Å²) in [7, 11) is 0. The van der Waals surface area contributed by atoms with E-state index in [-0.39, 0.29) is 18.7 Å². The molecule has 3 N–H and O–H groups in total. The van der Waals surface area contributed by atoms with E-state index in [0.717, 1.165) is 17.7 Å². The highest BCUT2D eigenvalue weighted by atomic mass is 16.3. The van der Waals surface area contributed by atoms with Crippen molar-refractivity contribution in [2.45, 2.75) is 26.1 Å². The molecule has 1 aromatic carbocycles. The summed E-state index contributed by atoms with van der Waals surface area (Å²) < 4.78 is 1.99. The Morgan fingerprint density at radius 2 is 2.24 bits per heavy atom. The van der Waals surface area contributed by atoms with Crippen molar-refractivity contribution in [3.63, 3.8) is 0 Å². The van der Waals surface area contributed by atoms with E-state index < -0.39 is 0 Å². The predicted molar refractivity (Wildman–Crippen MR) is 79.7 cm³/mol. The van der Waals surface area contributed by atoms with Gasteiger partial charge in [-0.15, -0.1) is 0 Å². The highest BCUT2D eigenvalue weighted by molar-refractivity contribution is 5.74. The number of benzene rings is 1. The molecule has 0 saturated carbocycles. The van der Waals surface area contributed by atoms with Crippen molar-refractivity contribution >= 4 is 6.03 Å². The molecule has 0 bridgehead atoms. The second kappa shape index (κ2) is 7.44. The number of nitrogens with one attached hydrogen (secondary N) is 2. The van der Waals surface area contributed by atoms with Gasteiger partial charge in [-0.05, 0) is 18.1 Å². The number of amides is 2. The van der Waals surface area contributed by atoms with E-state index in [1.807, 2.05) is 29.0 Å². The zero-order valence-electron chi connectivity index (χ0n) is 12.0. The molecule has 1 aromatic heterocycles. The molecule has 0 aliphatic rings. The number of nitrogens with zero attached hydrogens (tertiary/aromatic N) is 2. The Balaban J connectivity index is 1.87. The lowest BCUT2D eigenvalue weighted by Gasteiger charge is -2.12. The van der Waals surface area contributed by atoms with Crippen LogP contribution in [0.4, 0.5) is 4.79 Å². The van der Waals surface area contributed by atoms with Gasteiger partial charge in [0.2, 0.25) is 0 Å². The molecule has 6 heteroatoms. The normalized spacial score (nSPS) is 11.9. The van der Waals surface area contributed by atoms with Crippen molar-refractivity contribution < 1.29 is 9.90 Å². The maximum atomic E-state index is 11.6. The molecule has 0 aliphatic heterocycles. The Labute approximate surface area is 123 Å². The smallest absolute Gasteiger partial charge is 0.315 e. The minimum Gasteiger partial charge on any atom is -0.394 e. The second-order valence-corrected chi connectivity index (χ2v) is 4.97. The number of carbonyl (C=O) groups is 1. The first-order chi connectivity index (χ1) is 10.2. The number of imidazole rings is 1. The third-order valence-corrected chi connectivity index (χ3v) is 3.02. The zero-order chi connectivity index (χ0) is 15.1. The Morgan fingerprint density at radius 1 is 1.43 bits per heavy atom. The van der Waals surface area contributed by atoms with Gasteiger partial charge in [-0.3, -0.25) is 0 Å². The van der Waals surface area contributed by atoms with Crippen molar-refractivity contribution in [3.05, 3.63) is 54.1 Å². The van der Waals surface area contributed by atoms with Gasteiger partial charge in [0.25, 0.3) is 0 Å². The Morgan fingerprint density at radius 3 is 2.95 bits per heavy atom. The maximum absolute atomic E-state index is 11.6. The summed E-state index contributed by atoms with van der Waals surface area (Å²) in [5, 5.41) is 14.3. The Bertz CT molecular complexity index is 569. The number of aromatic nitrogens is 2. The minimum absolute atomic E-state index is 0.0756. The molecule has 112 valence electrons. The topological polar surface area (TPSA) is 79.2 Å². The molecule has 1 unspecified atom stereocenters. The lowest BCUT2D eigenvalue weighted by molar-refractivity contribution is 0.220. The summed E-state index contributed by atoms with van der Waals surface area (Å²) in [5.41, 5.74) is 2.18. The van der Waals surface area contributed by atoms with Crippen LogP contribution in [0.5, 0.6) is 0 Å². The third-order valence-electron chi connectivity index (χ3n) is 3.02. The summed E-state index contributed by atoms with van der Waals surface area (Å²) in [6, 6.07) is 7.49. The fourth-order valence-corrected chi connectivity index (χ4v) is 1.93. The standard InChI is InChI=1S/C15H20N4O2/c1-12(10-20)18-15(21)17-8-13-3-2-4-14(7-13)9-19-6-5-16-11-19/h2-7,11-12,20H,8-10H2,1H3,(H2,17,18,21). The van der Waals surface area contributed by atoms with Gasteiger partial charge in [-0.25, -0.2) is 9.78 Å². The SMILES string of the molecule is CC(CO)NC(=O)NCc1cccc(Cn2ccnc2)c1. The third kappa shape index (κ3) is 4.92. The van der Waals surface area contributed by atoms with Gasteiger partial charge < -0.3 is 20.3 Å². The van der Waals surface area contributed by atoms with Crippen molar-refractivity contribution in [2.24, 2.45) is 0 Å². The van der Waals surface area contributed by atoms with Crippen LogP contribution in [-0.4, -0.2) is 33.3 Å². The minimum atomic E-state index is -0.281. The highest BCUT2D eigenvalue weighted by Crippen LogP contribution is 2.07. The first-order valence-corrected chi connectivity index (χ1v) is 6.86. The van der Waals surface area contributed by atoms with Crippen LogP contribution in [-0.2, 0) is 13.1 Å². The molecule has 21 heavy (non-hydrogen) atoms. The number of urea groups is 1. The molecule has 0 saturated heterocycles. The number of hydrogen-bond acceptors (Lipinski definition) is 3. The van der Waals surface area contributed by atoms with Crippen LogP contribution in [0, 0.1) is 0 Å². The molecule has 1 atom stereocenters. The molecule has 0 radical (unpaired) electrons. The lowest BCUT2D eigenvalue weighted by Crippen LogP contribution is -2.41. The Hall–Kier alpha value is -2.34. The summed E-state index contributed by atoms with van der Waals surface area (Å²) >= 11 is 0. The van der Waals surface area contributed by atoms with Crippen LogP contribution in [0.2, 0.25) is 0 Å². The number of rotatable bonds is 6. The lowest BCUT2D eigenvalue weighted by atomic mass is 10.1. The van der Waals surface area contributed by atoms with E-state index in [1.54, 1.807) is 19.4 Å². The molecular formula is C15H20N4O2. The molecule has 2 rings (SSSR count). The van der Waals surface area contributed by atoms with Crippen LogP contribution in [0.15, 0.2) is 43.0 Å². The highest BCUT2D eigenvalue weighted by Gasteiger charge is 2.05. The molecule has 2 amide bonds. The number of carbonyl (C=O) groups excluding carboxylic acids is 1. The average Bonchev–Trinajstić information content (AvgIpc) is 2.98. The van der Waals surface area contributed by atoms with E-state index in [4.69, 9.17) is 5.11 Å². The number of hydrogen-bond donors (Lipinski definition) is 3. The van der Waals surface area contributed by atoms with Crippen molar-refractivity contribution in [1.82, 2.24) is 20.2 Å². The second-order valence-electron chi connectivity index (χ2n) is 4.97. The fraction of sp³-hybridized carbons (Fsp3) is 0.333. The van der Waals surface area contributed by atoms with Gasteiger partial charge >= 0.3 is 6.03 Å². The van der Waals surface area contributed by atoms with Crippen LogP contribution in [0.1, 0.15) is 18.1 Å². The number of aliphatic hydroxyl groups excluding tert-OH is 1. The van der Waals surface area contributed by atoms with Gasteiger partial charge in [-0.1, -0.05) is 24.3 Å². The van der Waals surface area contributed by atoms with Gasteiger partial charge in [-0.2, -0.15) is 0 Å². The molecule has 1 heterocycles. The maximum Gasteiger partial charge on any atom is 0.315 e. The van der Waals surface area contributed by atoms with Crippen molar-refractivity contribution in [3.8, 4) is 0 Å². The van der Waals surface area contributed by atoms with Crippen molar-refractivity contribution in [2.75, 3.05) is 6.61 Å². The van der Waals surface area contributed by atoms with E-state index in [9.17, 15) is 4.79 Å². The summed E-state index contributed by atoms with van der Waals surface area (Å²) in [5.74, 6) is 0. The summed E-state index contributed by atoms with van der Waals surface area (Å²) in [4.78, 5) is 15.6. The largest absolute Gasteiger partial charge is 0.394 e. The average molecular weight is 288 g/mol. The van der Waals surface area contributed by atoms with E-state index in [2.05, 4.69) is 21.7 Å². The first kappa shape index (κ1) is 15.1. The quantitative estimate of drug-likeness (QED) is 0.745.